The van der Waals surface area contributed by atoms with Crippen LogP contribution in [-0.2, 0) is 11.3 Å². The van der Waals surface area contributed by atoms with Gasteiger partial charge in [0.25, 0.3) is 0 Å². The van der Waals surface area contributed by atoms with Crippen LogP contribution in [0, 0.1) is 5.82 Å². The second-order valence-electron chi connectivity index (χ2n) is 4.00. The van der Waals surface area contributed by atoms with Crippen molar-refractivity contribution < 1.29 is 19.2 Å². The Morgan fingerprint density at radius 2 is 2.06 bits per heavy atom. The zero-order valence-corrected chi connectivity index (χ0v) is 10.1. The average molecular weight is 241 g/mol. The predicted molar refractivity (Wildman–Crippen MR) is 64.4 cm³/mol. The van der Waals surface area contributed by atoms with Crippen molar-refractivity contribution in [2.45, 2.75) is 6.54 Å². The molecule has 0 amide bonds. The van der Waals surface area contributed by atoms with E-state index in [1.165, 1.54) is 6.07 Å². The normalized spacial score (nSPS) is 10.9. The molecule has 0 saturated carbocycles. The van der Waals surface area contributed by atoms with Crippen molar-refractivity contribution in [3.8, 4) is 0 Å². The van der Waals surface area contributed by atoms with Gasteiger partial charge in [0.2, 0.25) is 0 Å². The van der Waals surface area contributed by atoms with Crippen LogP contribution in [0.5, 0.6) is 0 Å². The van der Waals surface area contributed by atoms with Gasteiger partial charge in [-0.3, -0.25) is 4.90 Å². The lowest BCUT2D eigenvalue weighted by Gasteiger charge is -2.16. The maximum Gasteiger partial charge on any atom is 0.488 e. The van der Waals surface area contributed by atoms with E-state index in [0.717, 1.165) is 12.6 Å². The van der Waals surface area contributed by atoms with Gasteiger partial charge in [0, 0.05) is 20.2 Å². The first-order chi connectivity index (χ1) is 8.02. The summed E-state index contributed by atoms with van der Waals surface area (Å²) in [6.07, 6.45) is 0. The molecule has 0 aromatic heterocycles. The fourth-order valence-electron chi connectivity index (χ4n) is 1.55. The summed E-state index contributed by atoms with van der Waals surface area (Å²) in [6, 6.07) is 4.08. The van der Waals surface area contributed by atoms with Crippen LogP contribution in [0.25, 0.3) is 0 Å². The van der Waals surface area contributed by atoms with Gasteiger partial charge in [0.05, 0.1) is 6.61 Å². The lowest BCUT2D eigenvalue weighted by Crippen LogP contribution is -2.31. The highest BCUT2D eigenvalue weighted by molar-refractivity contribution is 6.58. The van der Waals surface area contributed by atoms with Crippen LogP contribution in [0.3, 0.4) is 0 Å². The number of nitrogens with zero attached hydrogens (tertiary/aromatic N) is 1. The van der Waals surface area contributed by atoms with Crippen LogP contribution in [0.2, 0.25) is 0 Å². The second-order valence-corrected chi connectivity index (χ2v) is 4.00. The number of likely N-dealkylation sites (N-methyl/N-ethyl adjacent to an activating group) is 1. The molecule has 0 fully saturated rings. The van der Waals surface area contributed by atoms with Gasteiger partial charge < -0.3 is 14.8 Å². The van der Waals surface area contributed by atoms with Crippen molar-refractivity contribution >= 4 is 12.6 Å². The topological polar surface area (TPSA) is 52.9 Å². The van der Waals surface area contributed by atoms with Crippen LogP contribution in [-0.4, -0.2) is 49.4 Å². The number of methoxy groups -OCH3 is 1. The number of halogens is 1. The highest BCUT2D eigenvalue weighted by atomic mass is 19.1. The number of rotatable bonds is 6. The molecule has 0 atom stereocenters. The Labute approximate surface area is 101 Å². The first-order valence-electron chi connectivity index (χ1n) is 5.36. The fourth-order valence-corrected chi connectivity index (χ4v) is 1.55. The van der Waals surface area contributed by atoms with Crippen molar-refractivity contribution in [2.75, 3.05) is 27.3 Å². The van der Waals surface area contributed by atoms with E-state index >= 15 is 0 Å². The average Bonchev–Trinajstić information content (AvgIpc) is 2.25. The molecule has 4 nitrogen and oxygen atoms in total. The lowest BCUT2D eigenvalue weighted by molar-refractivity contribution is 0.158. The molecule has 0 aliphatic carbocycles. The first-order valence-corrected chi connectivity index (χ1v) is 5.36. The SMILES string of the molecule is COCCN(C)Cc1cc(F)cc(B(O)O)c1. The Morgan fingerprint density at radius 1 is 1.35 bits per heavy atom. The molecular formula is C11H17BFNO3. The zero-order valence-electron chi connectivity index (χ0n) is 10.1. The summed E-state index contributed by atoms with van der Waals surface area (Å²) < 4.78 is 18.2. The van der Waals surface area contributed by atoms with Crippen LogP contribution in [0.4, 0.5) is 4.39 Å². The maximum absolute atomic E-state index is 13.2. The molecule has 1 aromatic rings. The Kier molecular flexibility index (Phi) is 5.57. The van der Waals surface area contributed by atoms with Crippen LogP contribution in [0.15, 0.2) is 18.2 Å². The van der Waals surface area contributed by atoms with Gasteiger partial charge >= 0.3 is 7.12 Å². The lowest BCUT2D eigenvalue weighted by atomic mass is 9.79. The van der Waals surface area contributed by atoms with Gasteiger partial charge in [-0.25, -0.2) is 4.39 Å². The second kappa shape index (κ2) is 6.71. The van der Waals surface area contributed by atoms with Gasteiger partial charge in [-0.05, 0) is 30.2 Å². The van der Waals surface area contributed by atoms with E-state index in [1.807, 2.05) is 11.9 Å². The quantitative estimate of drug-likeness (QED) is 0.664. The summed E-state index contributed by atoms with van der Waals surface area (Å²) in [5.41, 5.74) is 0.867. The van der Waals surface area contributed by atoms with E-state index in [0.29, 0.717) is 18.7 Å². The molecular weight excluding hydrogens is 224 g/mol. The summed E-state index contributed by atoms with van der Waals surface area (Å²) in [6.45, 7) is 1.85. The predicted octanol–water partition coefficient (Wildman–Crippen LogP) is -0.416. The highest BCUT2D eigenvalue weighted by Crippen LogP contribution is 2.05. The van der Waals surface area contributed by atoms with E-state index in [4.69, 9.17) is 14.8 Å². The molecule has 0 aliphatic rings. The summed E-state index contributed by atoms with van der Waals surface area (Å²) in [5.74, 6) is -0.467. The Hall–Kier alpha value is -0.945. The van der Waals surface area contributed by atoms with Gasteiger partial charge in [-0.2, -0.15) is 0 Å². The van der Waals surface area contributed by atoms with Gasteiger partial charge in [-0.1, -0.05) is 6.07 Å². The Balaban J connectivity index is 2.70. The molecule has 0 spiro atoms. The molecule has 1 aromatic carbocycles. The van der Waals surface area contributed by atoms with Crippen LogP contribution >= 0.6 is 0 Å². The molecule has 0 aliphatic heterocycles. The maximum atomic E-state index is 13.2. The van der Waals surface area contributed by atoms with E-state index in [2.05, 4.69) is 0 Å². The number of hydrogen-bond donors (Lipinski definition) is 2. The summed E-state index contributed by atoms with van der Waals surface area (Å²) in [7, 11) is 1.86. The van der Waals surface area contributed by atoms with Crippen LogP contribution < -0.4 is 5.46 Å². The van der Waals surface area contributed by atoms with Crippen molar-refractivity contribution in [3.05, 3.63) is 29.6 Å². The minimum Gasteiger partial charge on any atom is -0.423 e. The number of ether oxygens (including phenoxy) is 1. The van der Waals surface area contributed by atoms with Crippen molar-refractivity contribution in [1.29, 1.82) is 0 Å². The largest absolute Gasteiger partial charge is 0.488 e. The van der Waals surface area contributed by atoms with Crippen molar-refractivity contribution in [1.82, 2.24) is 4.90 Å². The molecule has 0 bridgehead atoms. The van der Waals surface area contributed by atoms with Crippen LogP contribution in [0.1, 0.15) is 5.56 Å². The minimum atomic E-state index is -1.64. The molecule has 6 heteroatoms. The Bertz CT molecular complexity index is 363. The van der Waals surface area contributed by atoms with Crippen molar-refractivity contribution in [2.24, 2.45) is 0 Å². The smallest absolute Gasteiger partial charge is 0.423 e. The first kappa shape index (κ1) is 14.1. The summed E-state index contributed by atoms with van der Waals surface area (Å²) in [4.78, 5) is 1.96. The molecule has 17 heavy (non-hydrogen) atoms. The molecule has 0 saturated heterocycles. The molecule has 94 valence electrons. The van der Waals surface area contributed by atoms with Gasteiger partial charge in [0.15, 0.2) is 0 Å². The van der Waals surface area contributed by atoms with E-state index < -0.39 is 12.9 Å². The molecule has 0 heterocycles. The summed E-state index contributed by atoms with van der Waals surface area (Å²) >= 11 is 0. The van der Waals surface area contributed by atoms with Gasteiger partial charge in [-0.15, -0.1) is 0 Å². The standard InChI is InChI=1S/C11H17BFNO3/c1-14(3-4-17-2)8-9-5-10(12(15)16)7-11(13)6-9/h5-7,15-16H,3-4,8H2,1-2H3. The summed E-state index contributed by atoms with van der Waals surface area (Å²) in [5, 5.41) is 18.0. The molecule has 1 rings (SSSR count). The monoisotopic (exact) mass is 241 g/mol. The fraction of sp³-hybridized carbons (Fsp3) is 0.455. The minimum absolute atomic E-state index is 0.167. The third kappa shape index (κ3) is 4.83. The van der Waals surface area contributed by atoms with E-state index in [9.17, 15) is 4.39 Å². The molecule has 0 radical (unpaired) electrons. The zero-order chi connectivity index (χ0) is 12.8. The molecule has 0 unspecified atom stereocenters. The van der Waals surface area contributed by atoms with E-state index in [1.54, 1.807) is 13.2 Å². The number of benzene rings is 1. The third-order valence-electron chi connectivity index (χ3n) is 2.41. The third-order valence-corrected chi connectivity index (χ3v) is 2.41. The van der Waals surface area contributed by atoms with Crippen molar-refractivity contribution in [3.63, 3.8) is 0 Å². The van der Waals surface area contributed by atoms with Gasteiger partial charge in [0.1, 0.15) is 5.82 Å². The molecule has 2 N–H and O–H groups in total. The highest BCUT2D eigenvalue weighted by Gasteiger charge is 2.13. The number of hydrogen-bond acceptors (Lipinski definition) is 4. The Morgan fingerprint density at radius 3 is 2.65 bits per heavy atom. The van der Waals surface area contributed by atoms with E-state index in [-0.39, 0.29) is 5.46 Å².